The maximum absolute atomic E-state index is 11.7. The molecule has 0 spiro atoms. The fourth-order valence-corrected chi connectivity index (χ4v) is 4.88. The fourth-order valence-electron chi connectivity index (χ4n) is 4.88. The molecule has 41 heavy (non-hydrogen) atoms. The molecule has 1 heterocycles. The van der Waals surface area contributed by atoms with Gasteiger partial charge in [-0.05, 0) is 51.5 Å². The second-order valence-corrected chi connectivity index (χ2v) is 11.9. The van der Waals surface area contributed by atoms with Gasteiger partial charge in [-0.1, -0.05) is 26.0 Å². The van der Waals surface area contributed by atoms with Gasteiger partial charge in [0.2, 0.25) is 0 Å². The van der Waals surface area contributed by atoms with Crippen LogP contribution in [0.15, 0.2) is 12.2 Å². The molecule has 0 saturated carbocycles. The van der Waals surface area contributed by atoms with E-state index in [1.807, 2.05) is 0 Å². The molecule has 1 rings (SSSR count). The second kappa shape index (κ2) is 20.0. The maximum atomic E-state index is 11.7. The summed E-state index contributed by atoms with van der Waals surface area (Å²) in [4.78, 5) is 11.7. The number of aliphatic hydroxyl groups is 9. The minimum atomic E-state index is -1.04. The van der Waals surface area contributed by atoms with Crippen molar-refractivity contribution in [2.45, 2.75) is 152 Å². The van der Waals surface area contributed by atoms with Crippen molar-refractivity contribution >= 4 is 5.78 Å². The summed E-state index contributed by atoms with van der Waals surface area (Å²) in [6, 6.07) is 0. The molecule has 0 aromatic carbocycles. The third-order valence-electron chi connectivity index (χ3n) is 7.30. The Kier molecular flexibility index (Phi) is 18.6. The first kappa shape index (κ1) is 38.0. The summed E-state index contributed by atoms with van der Waals surface area (Å²) < 4.78 is 5.42. The van der Waals surface area contributed by atoms with Gasteiger partial charge in [0.15, 0.2) is 0 Å². The summed E-state index contributed by atoms with van der Waals surface area (Å²) in [7, 11) is 0. The molecule has 0 aliphatic carbocycles. The van der Waals surface area contributed by atoms with E-state index in [0.717, 1.165) is 0 Å². The summed E-state index contributed by atoms with van der Waals surface area (Å²) >= 11 is 0. The van der Waals surface area contributed by atoms with Crippen LogP contribution in [0.1, 0.15) is 84.5 Å². The number of hydrogen-bond acceptors (Lipinski definition) is 12. The molecule has 0 bridgehead atoms. The predicted octanol–water partition coefficient (Wildman–Crippen LogP) is -0.967. The van der Waals surface area contributed by atoms with Crippen LogP contribution in [0.5, 0.6) is 0 Å². The molecular weight excluding hydrogens is 538 g/mol. The lowest BCUT2D eigenvalue weighted by atomic mass is 9.97. The van der Waals surface area contributed by atoms with Gasteiger partial charge in [-0.2, -0.15) is 0 Å². The van der Waals surface area contributed by atoms with Crippen LogP contribution in [0, 0.1) is 5.92 Å². The molecule has 1 aliphatic heterocycles. The highest BCUT2D eigenvalue weighted by atomic mass is 16.6. The Morgan fingerprint density at radius 2 is 1.32 bits per heavy atom. The number of ether oxygens (including phenoxy) is 1. The quantitative estimate of drug-likeness (QED) is 0.0481. The highest BCUT2D eigenvalue weighted by molar-refractivity contribution is 5.80. The lowest BCUT2D eigenvalue weighted by Crippen LogP contribution is -2.29. The molecule has 1 fully saturated rings. The van der Waals surface area contributed by atoms with Gasteiger partial charge in [0.25, 0.3) is 0 Å². The van der Waals surface area contributed by atoms with E-state index in [4.69, 9.17) is 10.5 Å². The lowest BCUT2D eigenvalue weighted by Gasteiger charge is -2.20. The highest BCUT2D eigenvalue weighted by Gasteiger charge is 2.45. The van der Waals surface area contributed by atoms with Crippen LogP contribution in [0.3, 0.4) is 0 Å². The molecule has 12 heteroatoms. The molecule has 12 nitrogen and oxygen atoms in total. The summed E-state index contributed by atoms with van der Waals surface area (Å²) in [5, 5.41) is 91.0. The van der Waals surface area contributed by atoms with E-state index in [0.29, 0.717) is 19.4 Å². The summed E-state index contributed by atoms with van der Waals surface area (Å²) in [5.41, 5.74) is 5.41. The normalized spacial score (nSPS) is 24.0. The molecular formula is C29H55NO11. The molecule has 11 atom stereocenters. The van der Waals surface area contributed by atoms with Crippen LogP contribution < -0.4 is 5.73 Å². The van der Waals surface area contributed by atoms with Gasteiger partial charge in [-0.3, -0.25) is 4.79 Å². The number of rotatable bonds is 24. The number of epoxide rings is 1. The number of aliphatic hydroxyl groups excluding tert-OH is 9. The van der Waals surface area contributed by atoms with Gasteiger partial charge in [-0.15, -0.1) is 0 Å². The average molecular weight is 594 g/mol. The first-order valence-corrected chi connectivity index (χ1v) is 14.9. The monoisotopic (exact) mass is 593 g/mol. The molecule has 1 saturated heterocycles. The van der Waals surface area contributed by atoms with Crippen molar-refractivity contribution in [3.8, 4) is 0 Å². The average Bonchev–Trinajstić information content (AvgIpc) is 3.60. The number of carbonyl (C=O) groups excluding carboxylic acids is 1. The Morgan fingerprint density at radius 3 is 1.95 bits per heavy atom. The van der Waals surface area contributed by atoms with Gasteiger partial charge in [0.05, 0.1) is 61.0 Å². The van der Waals surface area contributed by atoms with Gasteiger partial charge in [0.1, 0.15) is 11.9 Å². The second-order valence-electron chi connectivity index (χ2n) is 11.9. The fraction of sp³-hybridized carbons (Fsp3) is 0.897. The van der Waals surface area contributed by atoms with Crippen LogP contribution in [-0.4, -0.2) is 125 Å². The first-order valence-electron chi connectivity index (χ1n) is 14.9. The first-order chi connectivity index (χ1) is 19.2. The molecule has 0 aromatic rings. The molecule has 11 unspecified atom stereocenters. The lowest BCUT2D eigenvalue weighted by molar-refractivity contribution is -0.124. The largest absolute Gasteiger partial charge is 0.393 e. The minimum absolute atomic E-state index is 0.0342. The Morgan fingerprint density at radius 1 is 0.756 bits per heavy atom. The zero-order valence-corrected chi connectivity index (χ0v) is 24.5. The summed E-state index contributed by atoms with van der Waals surface area (Å²) in [6.45, 7) is 3.93. The van der Waals surface area contributed by atoms with E-state index in [9.17, 15) is 50.8 Å². The topological polar surface area (TPSA) is 238 Å². The van der Waals surface area contributed by atoms with Crippen LogP contribution in [-0.2, 0) is 9.53 Å². The van der Waals surface area contributed by atoms with Crippen molar-refractivity contribution in [2.24, 2.45) is 11.7 Å². The third kappa shape index (κ3) is 17.6. The Labute approximate surface area is 243 Å². The third-order valence-corrected chi connectivity index (χ3v) is 7.30. The molecule has 242 valence electrons. The summed E-state index contributed by atoms with van der Waals surface area (Å²) in [5.74, 6) is -0.306. The van der Waals surface area contributed by atoms with Gasteiger partial charge < -0.3 is 56.4 Å². The van der Waals surface area contributed by atoms with Gasteiger partial charge >= 0.3 is 0 Å². The van der Waals surface area contributed by atoms with Crippen molar-refractivity contribution in [1.82, 2.24) is 0 Å². The zero-order valence-electron chi connectivity index (χ0n) is 24.5. The maximum Gasteiger partial charge on any atom is 0.137 e. The van der Waals surface area contributed by atoms with E-state index in [1.54, 1.807) is 13.8 Å². The van der Waals surface area contributed by atoms with E-state index >= 15 is 0 Å². The van der Waals surface area contributed by atoms with E-state index < -0.39 is 61.0 Å². The van der Waals surface area contributed by atoms with Gasteiger partial charge in [-0.25, -0.2) is 0 Å². The van der Waals surface area contributed by atoms with Crippen LogP contribution in [0.25, 0.3) is 0 Å². The Bertz CT molecular complexity index is 740. The van der Waals surface area contributed by atoms with Crippen molar-refractivity contribution < 1.29 is 55.5 Å². The number of Topliss-reactive ketones (excluding diaryl/α,β-unsaturated/α-hetero) is 1. The zero-order chi connectivity index (χ0) is 31.1. The minimum Gasteiger partial charge on any atom is -0.393 e. The van der Waals surface area contributed by atoms with Gasteiger partial charge in [0, 0.05) is 31.6 Å². The van der Waals surface area contributed by atoms with E-state index in [2.05, 4.69) is 0 Å². The SMILES string of the molecule is CC(C)C(=O)CC(O)CC(O)CC(O)/C=C/CC(O)CC(O)CC(O)CC(O)C1OC1CC(O)CC(O)CCCN. The highest BCUT2D eigenvalue weighted by Crippen LogP contribution is 2.32. The molecule has 0 amide bonds. The number of nitrogens with two attached hydrogens (primary N) is 1. The smallest absolute Gasteiger partial charge is 0.137 e. The van der Waals surface area contributed by atoms with Crippen molar-refractivity contribution in [3.63, 3.8) is 0 Å². The number of hydrogen-bond donors (Lipinski definition) is 10. The molecule has 0 radical (unpaired) electrons. The number of carbonyl (C=O) groups is 1. The molecule has 11 N–H and O–H groups in total. The van der Waals surface area contributed by atoms with Crippen molar-refractivity contribution in [1.29, 1.82) is 0 Å². The van der Waals surface area contributed by atoms with E-state index in [1.165, 1.54) is 12.2 Å². The van der Waals surface area contributed by atoms with Crippen LogP contribution >= 0.6 is 0 Å². The molecule has 0 aromatic heterocycles. The van der Waals surface area contributed by atoms with Crippen molar-refractivity contribution in [2.75, 3.05) is 6.54 Å². The van der Waals surface area contributed by atoms with Crippen LogP contribution in [0.2, 0.25) is 0 Å². The summed E-state index contributed by atoms with van der Waals surface area (Å²) in [6.07, 6.45) is -4.97. The Hall–Kier alpha value is -1.03. The number of ketones is 1. The molecule has 1 aliphatic rings. The Balaban J connectivity index is 2.25. The van der Waals surface area contributed by atoms with Crippen molar-refractivity contribution in [3.05, 3.63) is 12.2 Å². The van der Waals surface area contributed by atoms with E-state index in [-0.39, 0.29) is 75.6 Å². The standard InChI is InChI=1S/C29H55NO11/c1-17(2)26(39)14-23(36)12-21(34)9-18(31)5-3-6-19(32)10-22(35)13-24(37)15-27(40)29-28(41-29)16-25(38)11-20(33)7-4-8-30/h3,5,17-25,27-29,31-38,40H,4,6-16,30H2,1-2H3/b5-3+. The van der Waals surface area contributed by atoms with Crippen LogP contribution in [0.4, 0.5) is 0 Å². The predicted molar refractivity (Wildman–Crippen MR) is 152 cm³/mol.